The number of aromatic nitrogens is 1. The Hall–Kier alpha value is -1.03. The summed E-state index contributed by atoms with van der Waals surface area (Å²) in [5.41, 5.74) is 9.19. The van der Waals surface area contributed by atoms with Gasteiger partial charge in [-0.25, -0.2) is 0 Å². The fourth-order valence-electron chi connectivity index (χ4n) is 1.34. The highest BCUT2D eigenvalue weighted by Crippen LogP contribution is 2.29. The number of halogens is 1. The number of benzene rings is 1. The van der Waals surface area contributed by atoms with Crippen LogP contribution in [0.1, 0.15) is 11.1 Å². The highest BCUT2D eigenvalue weighted by molar-refractivity contribution is 9.10. The summed E-state index contributed by atoms with van der Waals surface area (Å²) in [5.74, 6) is 0. The van der Waals surface area contributed by atoms with Gasteiger partial charge in [-0.05, 0) is 31.0 Å². The molecule has 68 valence electrons. The van der Waals surface area contributed by atoms with E-state index in [4.69, 9.17) is 10.2 Å². The Kier molecular flexibility index (Phi) is 1.80. The molecule has 0 aliphatic carbocycles. The van der Waals surface area contributed by atoms with Crippen LogP contribution in [0.2, 0.25) is 0 Å². The van der Waals surface area contributed by atoms with E-state index in [1.165, 1.54) is 0 Å². The second-order valence-electron chi connectivity index (χ2n) is 3.03. The maximum Gasteiger partial charge on any atom is 0.293 e. The quantitative estimate of drug-likeness (QED) is 0.771. The molecule has 0 spiro atoms. The Labute approximate surface area is 84.1 Å². The number of oxazole rings is 1. The van der Waals surface area contributed by atoms with Gasteiger partial charge in [0.1, 0.15) is 5.52 Å². The van der Waals surface area contributed by atoms with Crippen LogP contribution in [-0.4, -0.2) is 4.98 Å². The Bertz CT molecular complexity index is 476. The van der Waals surface area contributed by atoms with Gasteiger partial charge in [-0.3, -0.25) is 0 Å². The van der Waals surface area contributed by atoms with Gasteiger partial charge in [0.2, 0.25) is 0 Å². The lowest BCUT2D eigenvalue weighted by Crippen LogP contribution is -1.83. The minimum atomic E-state index is 0.222. The second kappa shape index (κ2) is 2.73. The van der Waals surface area contributed by atoms with Crippen LogP contribution in [0.4, 0.5) is 6.01 Å². The number of rotatable bonds is 0. The van der Waals surface area contributed by atoms with Crippen LogP contribution < -0.4 is 5.73 Å². The van der Waals surface area contributed by atoms with Gasteiger partial charge in [-0.15, -0.1) is 0 Å². The molecule has 0 bridgehead atoms. The van der Waals surface area contributed by atoms with Crippen LogP contribution in [0.5, 0.6) is 0 Å². The monoisotopic (exact) mass is 240 g/mol. The summed E-state index contributed by atoms with van der Waals surface area (Å²) >= 11 is 3.45. The molecular weight excluding hydrogens is 232 g/mol. The molecule has 2 N–H and O–H groups in total. The van der Waals surface area contributed by atoms with Crippen molar-refractivity contribution in [3.05, 3.63) is 21.7 Å². The number of fused-ring (bicyclic) bond motifs is 1. The molecule has 0 unspecified atom stereocenters. The van der Waals surface area contributed by atoms with Gasteiger partial charge < -0.3 is 10.2 Å². The van der Waals surface area contributed by atoms with Crippen molar-refractivity contribution < 1.29 is 4.42 Å². The Morgan fingerprint density at radius 1 is 1.46 bits per heavy atom. The summed E-state index contributed by atoms with van der Waals surface area (Å²) in [7, 11) is 0. The molecule has 0 aliphatic rings. The topological polar surface area (TPSA) is 52.0 Å². The number of nitrogens with zero attached hydrogens (tertiary/aromatic N) is 1. The second-order valence-corrected chi connectivity index (χ2v) is 3.88. The fourth-order valence-corrected chi connectivity index (χ4v) is 1.87. The molecule has 1 heterocycles. The minimum absolute atomic E-state index is 0.222. The summed E-state index contributed by atoms with van der Waals surface area (Å²) in [4.78, 5) is 4.12. The average molecular weight is 241 g/mol. The lowest BCUT2D eigenvalue weighted by atomic mass is 10.1. The first-order valence-corrected chi connectivity index (χ1v) is 4.70. The van der Waals surface area contributed by atoms with E-state index in [1.54, 1.807) is 0 Å². The molecule has 3 nitrogen and oxygen atoms in total. The van der Waals surface area contributed by atoms with E-state index in [1.807, 2.05) is 19.9 Å². The first-order chi connectivity index (χ1) is 6.09. The molecule has 0 aliphatic heterocycles. The van der Waals surface area contributed by atoms with E-state index >= 15 is 0 Å². The molecule has 13 heavy (non-hydrogen) atoms. The molecule has 0 amide bonds. The minimum Gasteiger partial charge on any atom is -0.423 e. The van der Waals surface area contributed by atoms with Crippen molar-refractivity contribution in [2.24, 2.45) is 0 Å². The van der Waals surface area contributed by atoms with Crippen LogP contribution >= 0.6 is 15.9 Å². The number of hydrogen-bond donors (Lipinski definition) is 1. The van der Waals surface area contributed by atoms with Crippen molar-refractivity contribution in [3.8, 4) is 0 Å². The van der Waals surface area contributed by atoms with E-state index in [9.17, 15) is 0 Å². The lowest BCUT2D eigenvalue weighted by molar-refractivity contribution is 0.623. The molecule has 2 aromatic rings. The van der Waals surface area contributed by atoms with Crippen molar-refractivity contribution in [2.45, 2.75) is 13.8 Å². The maximum atomic E-state index is 5.49. The molecule has 0 fully saturated rings. The van der Waals surface area contributed by atoms with Gasteiger partial charge in [0.25, 0.3) is 6.01 Å². The molecule has 1 aromatic carbocycles. The molecule has 4 heteroatoms. The first-order valence-electron chi connectivity index (χ1n) is 3.91. The average Bonchev–Trinajstić information content (AvgIpc) is 2.44. The van der Waals surface area contributed by atoms with Crippen LogP contribution in [0.15, 0.2) is 15.0 Å². The number of aryl methyl sites for hydroxylation is 2. The number of hydrogen-bond acceptors (Lipinski definition) is 3. The predicted octanol–water partition coefficient (Wildman–Crippen LogP) is 2.79. The van der Waals surface area contributed by atoms with Crippen molar-refractivity contribution in [2.75, 3.05) is 5.73 Å². The molecule has 1 aromatic heterocycles. The maximum absolute atomic E-state index is 5.49. The third-order valence-electron chi connectivity index (χ3n) is 2.06. The van der Waals surface area contributed by atoms with Gasteiger partial charge in [0.05, 0.1) is 0 Å². The Morgan fingerprint density at radius 2 is 2.15 bits per heavy atom. The van der Waals surface area contributed by atoms with Crippen LogP contribution in [0.3, 0.4) is 0 Å². The van der Waals surface area contributed by atoms with Gasteiger partial charge >= 0.3 is 0 Å². The van der Waals surface area contributed by atoms with E-state index in [-0.39, 0.29) is 6.01 Å². The van der Waals surface area contributed by atoms with Crippen LogP contribution in [-0.2, 0) is 0 Å². The third kappa shape index (κ3) is 1.21. The van der Waals surface area contributed by atoms with Gasteiger partial charge in [-0.1, -0.05) is 15.9 Å². The SMILES string of the molecule is Cc1c(Br)cc(C)c2oc(N)nc12. The molecule has 2 rings (SSSR count). The van der Waals surface area contributed by atoms with Crippen LogP contribution in [0.25, 0.3) is 11.1 Å². The normalized spacial score (nSPS) is 11.0. The van der Waals surface area contributed by atoms with Gasteiger partial charge in [0, 0.05) is 4.47 Å². The summed E-state index contributed by atoms with van der Waals surface area (Å²) in [5, 5.41) is 0. The lowest BCUT2D eigenvalue weighted by Gasteiger charge is -1.99. The molecule has 0 saturated heterocycles. The highest BCUT2D eigenvalue weighted by atomic mass is 79.9. The van der Waals surface area contributed by atoms with Gasteiger partial charge in [-0.2, -0.15) is 4.98 Å². The van der Waals surface area contributed by atoms with Crippen LogP contribution in [0, 0.1) is 13.8 Å². The zero-order valence-corrected chi connectivity index (χ0v) is 8.97. The van der Waals surface area contributed by atoms with E-state index in [2.05, 4.69) is 20.9 Å². The largest absolute Gasteiger partial charge is 0.423 e. The highest BCUT2D eigenvalue weighted by Gasteiger charge is 2.10. The van der Waals surface area contributed by atoms with Crippen molar-refractivity contribution >= 4 is 33.0 Å². The summed E-state index contributed by atoms with van der Waals surface area (Å²) in [6, 6.07) is 2.22. The van der Waals surface area contributed by atoms with Gasteiger partial charge in [0.15, 0.2) is 5.58 Å². The Morgan fingerprint density at radius 3 is 2.85 bits per heavy atom. The van der Waals surface area contributed by atoms with Crippen molar-refractivity contribution in [3.63, 3.8) is 0 Å². The molecular formula is C9H9BrN2O. The summed E-state index contributed by atoms with van der Waals surface area (Å²) in [6.45, 7) is 3.95. The number of nitrogens with two attached hydrogens (primary N) is 1. The van der Waals surface area contributed by atoms with E-state index in [0.29, 0.717) is 0 Å². The summed E-state index contributed by atoms with van der Waals surface area (Å²) in [6.07, 6.45) is 0. The zero-order valence-electron chi connectivity index (χ0n) is 7.39. The molecule has 0 radical (unpaired) electrons. The molecule has 0 atom stereocenters. The zero-order chi connectivity index (χ0) is 9.59. The smallest absolute Gasteiger partial charge is 0.293 e. The number of anilines is 1. The number of nitrogen functional groups attached to an aromatic ring is 1. The Balaban J connectivity index is 2.95. The summed E-state index contributed by atoms with van der Waals surface area (Å²) < 4.78 is 6.31. The van der Waals surface area contributed by atoms with E-state index < -0.39 is 0 Å². The van der Waals surface area contributed by atoms with Crippen molar-refractivity contribution in [1.82, 2.24) is 4.98 Å². The van der Waals surface area contributed by atoms with E-state index in [0.717, 1.165) is 26.7 Å². The molecule has 0 saturated carbocycles. The standard InChI is InChI=1S/C9H9BrN2O/c1-4-3-6(10)5(2)7-8(4)13-9(11)12-7/h3H,1-2H3,(H2,11,12). The third-order valence-corrected chi connectivity index (χ3v) is 2.88. The fraction of sp³-hybridized carbons (Fsp3) is 0.222. The van der Waals surface area contributed by atoms with Crippen molar-refractivity contribution in [1.29, 1.82) is 0 Å². The first kappa shape index (κ1) is 8.56. The predicted molar refractivity (Wildman–Crippen MR) is 55.6 cm³/mol.